The van der Waals surface area contributed by atoms with Crippen molar-refractivity contribution in [1.82, 2.24) is 19.8 Å². The van der Waals surface area contributed by atoms with Crippen LogP contribution in [0.15, 0.2) is 23.5 Å². The van der Waals surface area contributed by atoms with E-state index >= 15 is 0 Å². The van der Waals surface area contributed by atoms with E-state index < -0.39 is 0 Å². The minimum absolute atomic E-state index is 0.0720. The van der Waals surface area contributed by atoms with Crippen molar-refractivity contribution >= 4 is 45.2 Å². The van der Waals surface area contributed by atoms with Crippen molar-refractivity contribution < 1.29 is 9.53 Å². The quantitative estimate of drug-likeness (QED) is 0.503. The average Bonchev–Trinajstić information content (AvgIpc) is 3.52. The summed E-state index contributed by atoms with van der Waals surface area (Å²) in [6.07, 6.45) is 10.1. The summed E-state index contributed by atoms with van der Waals surface area (Å²) in [6, 6.07) is 4.75. The van der Waals surface area contributed by atoms with E-state index in [-0.39, 0.29) is 5.92 Å². The molecule has 7 rings (SSSR count). The molecule has 1 aliphatic carbocycles. The van der Waals surface area contributed by atoms with E-state index in [2.05, 4.69) is 42.2 Å². The van der Waals surface area contributed by atoms with E-state index in [1.165, 1.54) is 48.4 Å². The molecule has 5 heterocycles. The Hall–Kier alpha value is -3.04. The van der Waals surface area contributed by atoms with Crippen LogP contribution >= 0.6 is 11.3 Å². The van der Waals surface area contributed by atoms with Gasteiger partial charge in [-0.15, -0.1) is 11.3 Å². The molecule has 38 heavy (non-hydrogen) atoms. The molecule has 0 saturated carbocycles. The van der Waals surface area contributed by atoms with Gasteiger partial charge >= 0.3 is 0 Å². The second-order valence-electron chi connectivity index (χ2n) is 10.9. The molecule has 3 aliphatic heterocycles. The topological polar surface area (TPSA) is 82.9 Å². The molecule has 2 aromatic heterocycles. The summed E-state index contributed by atoms with van der Waals surface area (Å²) >= 11 is 1.72. The fourth-order valence-corrected chi connectivity index (χ4v) is 7.73. The Balaban J connectivity index is 1.10. The van der Waals surface area contributed by atoms with Gasteiger partial charge in [0.1, 0.15) is 22.7 Å². The lowest BCUT2D eigenvalue weighted by Crippen LogP contribution is -2.63. The van der Waals surface area contributed by atoms with Gasteiger partial charge in [0.2, 0.25) is 5.91 Å². The number of aryl methyl sites for hydroxylation is 1. The standard InChI is InChI=1S/C29H34N6O2S/c1-2-37-24-11-20-14-30-13-19(20)10-23(24)33-27-26-22-7-6-18(12-25(22)38-28(26)32-17-31-27)29(36)35-15-21(16-35)34-8-4-3-5-9-34/h10-11,13,17-18,21H,2-9,12,14-16H2,1H3,(H,31,32,33)/t18-/m0/s1. The Morgan fingerprint density at radius 2 is 2.05 bits per heavy atom. The molecule has 1 N–H and O–H groups in total. The highest BCUT2D eigenvalue weighted by molar-refractivity contribution is 7.19. The molecule has 3 aromatic rings. The Labute approximate surface area is 227 Å². The number of nitrogens with zero attached hydrogens (tertiary/aromatic N) is 5. The number of aliphatic imine (C=N–C) groups is 1. The van der Waals surface area contributed by atoms with Crippen LogP contribution in [0.25, 0.3) is 10.2 Å². The number of thiophene rings is 1. The molecule has 8 nitrogen and oxygen atoms in total. The minimum atomic E-state index is 0.0720. The van der Waals surface area contributed by atoms with Crippen molar-refractivity contribution in [1.29, 1.82) is 0 Å². The molecule has 1 aromatic carbocycles. The number of aromatic nitrogens is 2. The first kappa shape index (κ1) is 24.0. The number of benzene rings is 1. The number of amides is 1. The molecule has 198 valence electrons. The lowest BCUT2D eigenvalue weighted by Gasteiger charge is -2.47. The second-order valence-corrected chi connectivity index (χ2v) is 12.0. The molecule has 0 bridgehead atoms. The molecule has 9 heteroatoms. The lowest BCUT2D eigenvalue weighted by atomic mass is 9.86. The van der Waals surface area contributed by atoms with Gasteiger partial charge in [0.25, 0.3) is 0 Å². The van der Waals surface area contributed by atoms with Gasteiger partial charge in [-0.2, -0.15) is 0 Å². The van der Waals surface area contributed by atoms with E-state index in [9.17, 15) is 4.79 Å². The summed E-state index contributed by atoms with van der Waals surface area (Å²) in [7, 11) is 0. The molecule has 1 amide bonds. The molecule has 2 saturated heterocycles. The van der Waals surface area contributed by atoms with E-state index in [1.54, 1.807) is 17.7 Å². The van der Waals surface area contributed by atoms with Crippen LogP contribution in [0, 0.1) is 5.92 Å². The normalized spacial score (nSPS) is 21.3. The SMILES string of the molecule is CCOc1cc2c(cc1Nc1ncnc3sc4c(c13)CC[C@H](C(=O)N1CC(N3CCCCC3)C1)C4)C=NC2. The Kier molecular flexibility index (Phi) is 6.28. The number of anilines is 2. The maximum atomic E-state index is 13.4. The van der Waals surface area contributed by atoms with Crippen LogP contribution in [-0.2, 0) is 24.2 Å². The van der Waals surface area contributed by atoms with E-state index in [0.717, 1.165) is 65.4 Å². The number of nitrogens with one attached hydrogen (secondary N) is 1. The summed E-state index contributed by atoms with van der Waals surface area (Å²) in [4.78, 5) is 34.0. The number of carbonyl (C=O) groups is 1. The van der Waals surface area contributed by atoms with Gasteiger partial charge in [0, 0.05) is 36.1 Å². The average molecular weight is 531 g/mol. The second kappa shape index (κ2) is 9.93. The smallest absolute Gasteiger partial charge is 0.226 e. The highest BCUT2D eigenvalue weighted by Crippen LogP contribution is 2.42. The molecular weight excluding hydrogens is 496 g/mol. The number of likely N-dealkylation sites (tertiary alicyclic amines) is 2. The molecular formula is C29H34N6O2S. The first-order valence-electron chi connectivity index (χ1n) is 14.0. The minimum Gasteiger partial charge on any atom is -0.492 e. The number of carbonyl (C=O) groups excluding carboxylic acids is 1. The maximum absolute atomic E-state index is 13.4. The monoisotopic (exact) mass is 530 g/mol. The van der Waals surface area contributed by atoms with Crippen LogP contribution in [0.1, 0.15) is 54.2 Å². The van der Waals surface area contributed by atoms with Crippen LogP contribution in [0.3, 0.4) is 0 Å². The first-order chi connectivity index (χ1) is 18.7. The number of ether oxygens (including phenoxy) is 1. The van der Waals surface area contributed by atoms with Crippen LogP contribution in [0.2, 0.25) is 0 Å². The molecule has 0 unspecified atom stereocenters. The van der Waals surface area contributed by atoms with Crippen LogP contribution < -0.4 is 10.1 Å². The van der Waals surface area contributed by atoms with Crippen molar-refractivity contribution in [3.8, 4) is 5.75 Å². The zero-order chi connectivity index (χ0) is 25.6. The van der Waals surface area contributed by atoms with Crippen molar-refractivity contribution in [2.45, 2.75) is 58.0 Å². The van der Waals surface area contributed by atoms with Gasteiger partial charge in [0.05, 0.1) is 24.2 Å². The van der Waals surface area contributed by atoms with Crippen molar-refractivity contribution in [2.24, 2.45) is 10.9 Å². The van der Waals surface area contributed by atoms with Gasteiger partial charge in [-0.1, -0.05) is 6.42 Å². The largest absolute Gasteiger partial charge is 0.492 e. The third kappa shape index (κ3) is 4.25. The fraction of sp³-hybridized carbons (Fsp3) is 0.517. The van der Waals surface area contributed by atoms with Crippen LogP contribution in [0.4, 0.5) is 11.5 Å². The summed E-state index contributed by atoms with van der Waals surface area (Å²) in [5.41, 5.74) is 4.49. The molecule has 1 atom stereocenters. The third-order valence-electron chi connectivity index (χ3n) is 8.56. The van der Waals surface area contributed by atoms with E-state index in [0.29, 0.717) is 25.1 Å². The van der Waals surface area contributed by atoms with Crippen LogP contribution in [-0.4, -0.2) is 70.7 Å². The van der Waals surface area contributed by atoms with Gasteiger partial charge in [0.15, 0.2) is 0 Å². The highest BCUT2D eigenvalue weighted by Gasteiger charge is 2.39. The maximum Gasteiger partial charge on any atom is 0.226 e. The zero-order valence-electron chi connectivity index (χ0n) is 21.9. The van der Waals surface area contributed by atoms with Crippen LogP contribution in [0.5, 0.6) is 5.75 Å². The molecule has 2 fully saturated rings. The Bertz CT molecular complexity index is 1410. The predicted octanol–water partition coefficient (Wildman–Crippen LogP) is 4.57. The fourth-order valence-electron chi connectivity index (χ4n) is 6.46. The Morgan fingerprint density at radius 1 is 1.18 bits per heavy atom. The number of piperidine rings is 1. The zero-order valence-corrected chi connectivity index (χ0v) is 22.7. The van der Waals surface area contributed by atoms with Crippen molar-refractivity contribution in [3.05, 3.63) is 40.0 Å². The third-order valence-corrected chi connectivity index (χ3v) is 9.72. The summed E-state index contributed by atoms with van der Waals surface area (Å²) in [5, 5.41) is 4.65. The van der Waals surface area contributed by atoms with Gasteiger partial charge in [-0.25, -0.2) is 9.97 Å². The lowest BCUT2D eigenvalue weighted by molar-refractivity contribution is -0.143. The number of hydrogen-bond donors (Lipinski definition) is 1. The van der Waals surface area contributed by atoms with Gasteiger partial charge in [-0.3, -0.25) is 14.7 Å². The summed E-state index contributed by atoms with van der Waals surface area (Å²) in [5.74, 6) is 2.03. The first-order valence-corrected chi connectivity index (χ1v) is 14.8. The van der Waals surface area contributed by atoms with Crippen molar-refractivity contribution in [2.75, 3.05) is 38.1 Å². The predicted molar refractivity (Wildman–Crippen MR) is 151 cm³/mol. The number of hydrogen-bond acceptors (Lipinski definition) is 8. The van der Waals surface area contributed by atoms with Gasteiger partial charge in [-0.05, 0) is 80.9 Å². The van der Waals surface area contributed by atoms with E-state index in [1.807, 2.05) is 13.1 Å². The van der Waals surface area contributed by atoms with Crippen molar-refractivity contribution in [3.63, 3.8) is 0 Å². The molecule has 0 radical (unpaired) electrons. The number of fused-ring (bicyclic) bond motifs is 4. The summed E-state index contributed by atoms with van der Waals surface area (Å²) in [6.45, 7) is 7.49. The number of rotatable bonds is 6. The molecule has 0 spiro atoms. The summed E-state index contributed by atoms with van der Waals surface area (Å²) < 4.78 is 5.96. The van der Waals surface area contributed by atoms with E-state index in [4.69, 9.17) is 4.74 Å². The Morgan fingerprint density at radius 3 is 2.89 bits per heavy atom. The molecule has 4 aliphatic rings. The van der Waals surface area contributed by atoms with Gasteiger partial charge < -0.3 is 15.0 Å². The highest BCUT2D eigenvalue weighted by atomic mass is 32.1.